The van der Waals surface area contributed by atoms with Gasteiger partial charge in [0.1, 0.15) is 5.82 Å². The van der Waals surface area contributed by atoms with Crippen LogP contribution < -0.4 is 45.5 Å². The zero-order valence-electron chi connectivity index (χ0n) is 23.9. The van der Waals surface area contributed by atoms with Crippen LogP contribution in [0.2, 0.25) is 0 Å². The fourth-order valence-electron chi connectivity index (χ4n) is 3.97. The van der Waals surface area contributed by atoms with E-state index in [-0.39, 0.29) is 31.0 Å². The number of nitrogens with one attached hydrogen (secondary N) is 2. The topological polar surface area (TPSA) is 92.9 Å². The summed E-state index contributed by atoms with van der Waals surface area (Å²) in [7, 11) is 3.32. The van der Waals surface area contributed by atoms with Gasteiger partial charge in [-0.05, 0) is 0 Å². The fraction of sp³-hybridized carbons (Fsp3) is 0.100. The van der Waals surface area contributed by atoms with Crippen LogP contribution in [0.15, 0.2) is 122 Å². The normalized spacial score (nSPS) is 11.4. The van der Waals surface area contributed by atoms with E-state index in [2.05, 4.69) is 61.1 Å². The van der Waals surface area contributed by atoms with Crippen molar-refractivity contribution < 1.29 is 45.3 Å². The van der Waals surface area contributed by atoms with Crippen LogP contribution >= 0.6 is 17.2 Å². The number of rotatable bonds is 8. The molecule has 0 aliphatic carbocycles. The Balaban J connectivity index is 0.000000385. The molecule has 7 nitrogen and oxygen atoms in total. The number of halogens is 1. The molecule has 2 N–H and O–H groups in total. The van der Waals surface area contributed by atoms with E-state index < -0.39 is 5.96 Å². The molecule has 0 saturated carbocycles. The average molecular weight is 587 g/mol. The quantitative estimate of drug-likeness (QED) is 0.126. The molecule has 40 heavy (non-hydrogen) atoms. The first kappa shape index (κ1) is 33.2. The maximum absolute atomic E-state index is 9.77. The summed E-state index contributed by atoms with van der Waals surface area (Å²) in [5.41, 5.74) is 0. The van der Waals surface area contributed by atoms with E-state index >= 15 is 0 Å². The van der Waals surface area contributed by atoms with E-state index in [9.17, 15) is 4.79 Å². The van der Waals surface area contributed by atoms with Crippen molar-refractivity contribution in [2.24, 2.45) is 0 Å². The molecular weight excluding hydrogens is 554 g/mol. The number of methoxy groups -OCH3 is 2. The average Bonchev–Trinajstić information content (AvgIpc) is 3.73. The predicted molar refractivity (Wildman–Crippen MR) is 163 cm³/mol. The second-order valence-electron chi connectivity index (χ2n) is 8.21. The molecule has 5 aromatic rings. The van der Waals surface area contributed by atoms with Gasteiger partial charge in [0.2, 0.25) is 0 Å². The van der Waals surface area contributed by atoms with Crippen molar-refractivity contribution in [3.63, 3.8) is 0 Å². The molecule has 0 amide bonds. The number of imidazole rings is 2. The Hall–Kier alpha value is -3.03. The monoisotopic (exact) mass is 586 g/mol. The molecule has 0 radical (unpaired) electrons. The second-order valence-corrected chi connectivity index (χ2v) is 14.6. The third-order valence-electron chi connectivity index (χ3n) is 5.77. The summed E-state index contributed by atoms with van der Waals surface area (Å²) in [5, 5.41) is 3.37. The first-order chi connectivity index (χ1) is 19.1. The summed E-state index contributed by atoms with van der Waals surface area (Å²) in [6, 6.07) is 31.0. The van der Waals surface area contributed by atoms with Crippen molar-refractivity contribution >= 4 is 45.5 Å². The molecule has 0 atom stereocenters. The first-order valence-electron chi connectivity index (χ1n) is 12.1. The van der Waals surface area contributed by atoms with Gasteiger partial charge >= 0.3 is 172 Å². The summed E-state index contributed by atoms with van der Waals surface area (Å²) in [6.45, 7) is 0. The predicted octanol–water partition coefficient (Wildman–Crippen LogP) is 2.64. The van der Waals surface area contributed by atoms with Crippen LogP contribution in [0.4, 0.5) is 0 Å². The zero-order chi connectivity index (χ0) is 27.8. The van der Waals surface area contributed by atoms with Gasteiger partial charge < -0.3 is 16.1 Å². The number of ether oxygens (including phenoxy) is 2. The van der Waals surface area contributed by atoms with Gasteiger partial charge in [0, 0.05) is 30.9 Å². The van der Waals surface area contributed by atoms with E-state index in [1.807, 2.05) is 54.6 Å². The molecule has 2 heterocycles. The van der Waals surface area contributed by atoms with Gasteiger partial charge in [-0.15, -0.1) is 0 Å². The number of carbonyl (C=O) groups excluding carboxylic acids is 1. The summed E-state index contributed by atoms with van der Waals surface area (Å²) in [6.07, 6.45) is 11.0. The molecular formula is C30H33ClN4NaO3P. The Morgan fingerprint density at radius 3 is 1.50 bits per heavy atom. The number of aldehydes is 1. The number of hydrogen-bond donors (Lipinski definition) is 2. The summed E-state index contributed by atoms with van der Waals surface area (Å²) >= 11 is 7.68. The van der Waals surface area contributed by atoms with Crippen molar-refractivity contribution in [1.82, 2.24) is 19.9 Å². The summed E-state index contributed by atoms with van der Waals surface area (Å²) in [5.74, 6) is -2.00. The number of aromatic nitrogens is 4. The minimum atomic E-state index is -3.18. The SMILES string of the molecule is CO/C=C/c1ncc[nH]1.COCP(Cl)(c1ccccc1)(c1ccccc1)c1ccccc1.O=Cc1ncc[nH]1.[H-].[Na+]. The van der Waals surface area contributed by atoms with Crippen molar-refractivity contribution in [2.75, 3.05) is 20.6 Å². The number of nitrogens with zero attached hydrogens (tertiary/aromatic N) is 2. The third kappa shape index (κ3) is 8.24. The molecule has 3 aromatic carbocycles. The molecule has 10 heteroatoms. The van der Waals surface area contributed by atoms with E-state index in [1.54, 1.807) is 45.1 Å². The molecule has 0 unspecified atom stereocenters. The van der Waals surface area contributed by atoms with E-state index in [0.717, 1.165) is 21.7 Å². The van der Waals surface area contributed by atoms with Crippen LogP contribution in [0.3, 0.4) is 0 Å². The minimum Gasteiger partial charge on any atom is -1.00 e. The molecule has 2 aromatic heterocycles. The number of benzene rings is 3. The van der Waals surface area contributed by atoms with Gasteiger partial charge in [0.25, 0.3) is 0 Å². The number of H-pyrrole nitrogens is 2. The van der Waals surface area contributed by atoms with Gasteiger partial charge in [-0.1, -0.05) is 0 Å². The minimum absolute atomic E-state index is 0. The van der Waals surface area contributed by atoms with E-state index in [0.29, 0.717) is 18.5 Å². The van der Waals surface area contributed by atoms with Crippen LogP contribution in [0, 0.1) is 0 Å². The Labute approximate surface area is 263 Å². The van der Waals surface area contributed by atoms with Gasteiger partial charge in [0.05, 0.1) is 13.4 Å². The van der Waals surface area contributed by atoms with Gasteiger partial charge in [-0.25, -0.2) is 9.97 Å². The number of hydrogen-bond acceptors (Lipinski definition) is 5. The standard InChI is InChI=1S/C20H20ClOP.C6H8N2O.C4H4N2O.Na.H/c1-22-17-23(21,18-11-5-2-6-12-18,19-13-7-3-8-14-19)20-15-9-4-10-16-20;1-9-5-2-6-7-3-4-8-6;7-3-4-5-1-2-6-4;;/h2-16H,17H2,1H3;2-5H,1H3,(H,7,8);1-3H,(H,5,6);;/q;;;+1;-1/b;5-2+;;;. The smallest absolute Gasteiger partial charge is 1.00 e. The summed E-state index contributed by atoms with van der Waals surface area (Å²) in [4.78, 5) is 22.8. The van der Waals surface area contributed by atoms with Gasteiger partial charge in [0.15, 0.2) is 12.1 Å². The molecule has 0 aliphatic rings. The molecule has 0 bridgehead atoms. The molecule has 0 spiro atoms. The third-order valence-corrected chi connectivity index (χ3v) is 12.7. The van der Waals surface area contributed by atoms with E-state index in [4.69, 9.17) is 16.0 Å². The largest absolute Gasteiger partial charge is 1.00 e. The fourth-order valence-corrected chi connectivity index (χ4v) is 9.49. The molecule has 204 valence electrons. The van der Waals surface area contributed by atoms with E-state index in [1.165, 1.54) is 6.20 Å². The first-order valence-corrected chi connectivity index (χ1v) is 15.4. The Bertz CT molecular complexity index is 1300. The van der Waals surface area contributed by atoms with Crippen LogP contribution in [-0.4, -0.2) is 46.8 Å². The van der Waals surface area contributed by atoms with Crippen molar-refractivity contribution in [3.8, 4) is 0 Å². The van der Waals surface area contributed by atoms with Crippen LogP contribution in [0.5, 0.6) is 0 Å². The molecule has 0 aliphatic heterocycles. The molecule has 0 saturated heterocycles. The molecule has 0 fully saturated rings. The van der Waals surface area contributed by atoms with Crippen LogP contribution in [-0.2, 0) is 9.47 Å². The summed E-state index contributed by atoms with van der Waals surface area (Å²) < 4.78 is 10.4. The number of aromatic amines is 2. The zero-order valence-corrected chi connectivity index (χ0v) is 26.5. The molecule has 5 rings (SSSR count). The second kappa shape index (κ2) is 16.9. The Morgan fingerprint density at radius 2 is 1.20 bits per heavy atom. The van der Waals surface area contributed by atoms with Gasteiger partial charge in [-0.2, -0.15) is 0 Å². The van der Waals surface area contributed by atoms with Crippen LogP contribution in [0.25, 0.3) is 6.08 Å². The van der Waals surface area contributed by atoms with Crippen LogP contribution in [0.1, 0.15) is 17.9 Å². The Morgan fingerprint density at radius 1 is 0.775 bits per heavy atom. The Kier molecular flexibility index (Phi) is 14.0. The van der Waals surface area contributed by atoms with Crippen molar-refractivity contribution in [3.05, 3.63) is 134 Å². The maximum atomic E-state index is 9.77. The van der Waals surface area contributed by atoms with Crippen molar-refractivity contribution in [2.45, 2.75) is 0 Å². The number of carbonyl (C=O) groups is 1. The van der Waals surface area contributed by atoms with Crippen molar-refractivity contribution in [1.29, 1.82) is 0 Å². The van der Waals surface area contributed by atoms with Gasteiger partial charge in [-0.3, -0.25) is 4.79 Å². The maximum Gasteiger partial charge on any atom is 1.00 e.